The maximum absolute atomic E-state index is 11.3. The molecule has 0 aromatic rings. The van der Waals surface area contributed by atoms with Gasteiger partial charge < -0.3 is 4.74 Å². The number of carbonyl (C=O) groups excluding carboxylic acids is 2. The van der Waals surface area contributed by atoms with E-state index in [1.165, 1.54) is 0 Å². The van der Waals surface area contributed by atoms with Gasteiger partial charge >= 0.3 is 5.97 Å². The van der Waals surface area contributed by atoms with Crippen molar-refractivity contribution in [2.75, 3.05) is 6.61 Å². The van der Waals surface area contributed by atoms with Gasteiger partial charge in [0.25, 0.3) is 0 Å². The lowest BCUT2D eigenvalue weighted by Gasteiger charge is -2.06. The van der Waals surface area contributed by atoms with Crippen LogP contribution in [0, 0.1) is 5.92 Å². The third kappa shape index (κ3) is 5.73. The van der Waals surface area contributed by atoms with Crippen LogP contribution >= 0.6 is 0 Å². The molecule has 0 heterocycles. The van der Waals surface area contributed by atoms with E-state index in [4.69, 9.17) is 4.74 Å². The highest BCUT2D eigenvalue weighted by Crippen LogP contribution is 2.07. The van der Waals surface area contributed by atoms with Crippen molar-refractivity contribution in [3.05, 3.63) is 0 Å². The maximum atomic E-state index is 11.3. The summed E-state index contributed by atoms with van der Waals surface area (Å²) in [4.78, 5) is 22.4. The molecule has 0 aliphatic heterocycles. The number of Topliss-reactive ketones (excluding diaryl/α,β-unsaturated/α-hetero) is 1. The van der Waals surface area contributed by atoms with E-state index in [0.717, 1.165) is 12.8 Å². The third-order valence-electron chi connectivity index (χ3n) is 2.20. The summed E-state index contributed by atoms with van der Waals surface area (Å²) in [5, 5.41) is 0. The lowest BCUT2D eigenvalue weighted by atomic mass is 10.00. The fourth-order valence-corrected chi connectivity index (χ4v) is 0.987. The number of ketones is 1. The molecule has 0 aliphatic carbocycles. The zero-order valence-corrected chi connectivity index (χ0v) is 9.34. The van der Waals surface area contributed by atoms with Gasteiger partial charge in [0.05, 0.1) is 13.0 Å². The molecule has 0 aromatic carbocycles. The first-order valence-electron chi connectivity index (χ1n) is 5.30. The summed E-state index contributed by atoms with van der Waals surface area (Å²) in [6.45, 7) is 6.26. The monoisotopic (exact) mass is 200 g/mol. The van der Waals surface area contributed by atoms with E-state index in [1.807, 2.05) is 20.8 Å². The second kappa shape index (κ2) is 7.54. The van der Waals surface area contributed by atoms with E-state index in [2.05, 4.69) is 0 Å². The molecule has 0 amide bonds. The normalized spacial score (nSPS) is 12.2. The Morgan fingerprint density at radius 1 is 1.21 bits per heavy atom. The largest absolute Gasteiger partial charge is 0.466 e. The van der Waals surface area contributed by atoms with Crippen LogP contribution in [0.5, 0.6) is 0 Å². The molecule has 0 N–H and O–H groups in total. The van der Waals surface area contributed by atoms with Crippen LogP contribution in [0.3, 0.4) is 0 Å². The number of esters is 1. The molecule has 1 unspecified atom stereocenters. The molecule has 82 valence electrons. The van der Waals surface area contributed by atoms with Crippen LogP contribution < -0.4 is 0 Å². The van der Waals surface area contributed by atoms with Gasteiger partial charge in [-0.3, -0.25) is 9.59 Å². The Bertz CT molecular complexity index is 187. The van der Waals surface area contributed by atoms with Crippen LogP contribution in [-0.2, 0) is 14.3 Å². The third-order valence-corrected chi connectivity index (χ3v) is 2.20. The Morgan fingerprint density at radius 3 is 2.36 bits per heavy atom. The topological polar surface area (TPSA) is 43.4 Å². The first-order valence-corrected chi connectivity index (χ1v) is 5.30. The van der Waals surface area contributed by atoms with Crippen LogP contribution in [0.15, 0.2) is 0 Å². The Morgan fingerprint density at radius 2 is 1.86 bits per heavy atom. The van der Waals surface area contributed by atoms with Crippen LogP contribution in [0.25, 0.3) is 0 Å². The summed E-state index contributed by atoms with van der Waals surface area (Å²) in [5.74, 6) is -0.0431. The molecular weight excluding hydrogens is 180 g/mol. The molecule has 0 aromatic heterocycles. The lowest BCUT2D eigenvalue weighted by Crippen LogP contribution is -2.13. The zero-order chi connectivity index (χ0) is 11.0. The molecule has 0 aliphatic rings. The lowest BCUT2D eigenvalue weighted by molar-refractivity contribution is -0.145. The minimum absolute atomic E-state index is 0.0639. The Labute approximate surface area is 85.8 Å². The highest BCUT2D eigenvalue weighted by atomic mass is 16.5. The number of hydrogen-bond acceptors (Lipinski definition) is 3. The molecule has 0 saturated carbocycles. The SMILES string of the molecule is CCCOC(=O)CCC(=O)C(C)CC. The van der Waals surface area contributed by atoms with Gasteiger partial charge in [0, 0.05) is 12.3 Å². The number of ether oxygens (including phenoxy) is 1. The van der Waals surface area contributed by atoms with Crippen molar-refractivity contribution in [3.63, 3.8) is 0 Å². The van der Waals surface area contributed by atoms with Crippen molar-refractivity contribution in [2.45, 2.75) is 46.5 Å². The molecule has 14 heavy (non-hydrogen) atoms. The number of hydrogen-bond donors (Lipinski definition) is 0. The average Bonchev–Trinajstić information content (AvgIpc) is 2.21. The molecule has 0 spiro atoms. The Balaban J connectivity index is 3.61. The van der Waals surface area contributed by atoms with Crippen molar-refractivity contribution in [1.82, 2.24) is 0 Å². The van der Waals surface area contributed by atoms with Crippen LogP contribution in [0.2, 0.25) is 0 Å². The summed E-state index contributed by atoms with van der Waals surface area (Å²) in [6, 6.07) is 0. The summed E-state index contributed by atoms with van der Waals surface area (Å²) in [7, 11) is 0. The maximum Gasteiger partial charge on any atom is 0.306 e. The molecule has 3 nitrogen and oxygen atoms in total. The molecule has 0 rings (SSSR count). The van der Waals surface area contributed by atoms with Gasteiger partial charge in [0.15, 0.2) is 0 Å². The summed E-state index contributed by atoms with van der Waals surface area (Å²) >= 11 is 0. The van der Waals surface area contributed by atoms with Crippen molar-refractivity contribution < 1.29 is 14.3 Å². The van der Waals surface area contributed by atoms with Gasteiger partial charge in [-0.15, -0.1) is 0 Å². The van der Waals surface area contributed by atoms with E-state index in [-0.39, 0.29) is 24.1 Å². The molecule has 0 fully saturated rings. The number of carbonyl (C=O) groups is 2. The van der Waals surface area contributed by atoms with E-state index in [1.54, 1.807) is 0 Å². The standard InChI is InChI=1S/C11H20O3/c1-4-8-14-11(13)7-6-10(12)9(3)5-2/h9H,4-8H2,1-3H3. The second-order valence-electron chi connectivity index (χ2n) is 3.50. The van der Waals surface area contributed by atoms with E-state index in [0.29, 0.717) is 13.0 Å². The van der Waals surface area contributed by atoms with Crippen molar-refractivity contribution in [1.29, 1.82) is 0 Å². The van der Waals surface area contributed by atoms with Crippen LogP contribution in [-0.4, -0.2) is 18.4 Å². The van der Waals surface area contributed by atoms with Gasteiger partial charge in [-0.2, -0.15) is 0 Å². The smallest absolute Gasteiger partial charge is 0.306 e. The van der Waals surface area contributed by atoms with Gasteiger partial charge in [0.1, 0.15) is 5.78 Å². The Hall–Kier alpha value is -0.860. The fraction of sp³-hybridized carbons (Fsp3) is 0.818. The van der Waals surface area contributed by atoms with Gasteiger partial charge in [-0.05, 0) is 12.8 Å². The molecular formula is C11H20O3. The molecule has 1 atom stereocenters. The summed E-state index contributed by atoms with van der Waals surface area (Å²) < 4.78 is 4.86. The van der Waals surface area contributed by atoms with Gasteiger partial charge in [0.2, 0.25) is 0 Å². The van der Waals surface area contributed by atoms with Gasteiger partial charge in [-0.25, -0.2) is 0 Å². The van der Waals surface area contributed by atoms with Crippen molar-refractivity contribution in [3.8, 4) is 0 Å². The fourth-order valence-electron chi connectivity index (χ4n) is 0.987. The Kier molecular flexibility index (Phi) is 7.07. The van der Waals surface area contributed by atoms with Crippen LogP contribution in [0.1, 0.15) is 46.5 Å². The predicted molar refractivity (Wildman–Crippen MR) is 54.9 cm³/mol. The molecule has 0 saturated heterocycles. The molecule has 3 heteroatoms. The summed E-state index contributed by atoms with van der Waals surface area (Å²) in [6.07, 6.45) is 2.20. The van der Waals surface area contributed by atoms with Crippen LogP contribution in [0.4, 0.5) is 0 Å². The van der Waals surface area contributed by atoms with Gasteiger partial charge in [-0.1, -0.05) is 20.8 Å². The first kappa shape index (κ1) is 13.1. The molecule has 0 radical (unpaired) electrons. The number of rotatable bonds is 7. The van der Waals surface area contributed by atoms with E-state index < -0.39 is 0 Å². The highest BCUT2D eigenvalue weighted by molar-refractivity contribution is 5.84. The molecule has 0 bridgehead atoms. The van der Waals surface area contributed by atoms with E-state index >= 15 is 0 Å². The highest BCUT2D eigenvalue weighted by Gasteiger charge is 2.12. The quantitative estimate of drug-likeness (QED) is 0.592. The zero-order valence-electron chi connectivity index (χ0n) is 9.34. The van der Waals surface area contributed by atoms with Crippen molar-refractivity contribution in [2.24, 2.45) is 5.92 Å². The van der Waals surface area contributed by atoms with Crippen molar-refractivity contribution >= 4 is 11.8 Å². The van der Waals surface area contributed by atoms with E-state index in [9.17, 15) is 9.59 Å². The average molecular weight is 200 g/mol. The second-order valence-corrected chi connectivity index (χ2v) is 3.50. The predicted octanol–water partition coefficient (Wildman–Crippen LogP) is 2.33. The minimum atomic E-state index is -0.261. The minimum Gasteiger partial charge on any atom is -0.466 e. The first-order chi connectivity index (χ1) is 6.61. The summed E-state index contributed by atoms with van der Waals surface area (Å²) in [5.41, 5.74) is 0.